The van der Waals surface area contributed by atoms with Crippen molar-refractivity contribution in [2.24, 2.45) is 5.92 Å². The van der Waals surface area contributed by atoms with Crippen LogP contribution in [0, 0.1) is 5.92 Å². The first kappa shape index (κ1) is 15.4. The highest BCUT2D eigenvalue weighted by Crippen LogP contribution is 2.23. The van der Waals surface area contributed by atoms with Crippen LogP contribution in [0.5, 0.6) is 0 Å². The molecule has 1 saturated heterocycles. The zero-order chi connectivity index (χ0) is 14.5. The number of thioether (sulfide) groups is 1. The van der Waals surface area contributed by atoms with Crippen LogP contribution in [-0.2, 0) is 4.79 Å². The molecule has 1 aliphatic rings. The zero-order valence-electron chi connectivity index (χ0n) is 12.5. The minimum Gasteiger partial charge on any atom is -0.347 e. The summed E-state index contributed by atoms with van der Waals surface area (Å²) < 4.78 is 0. The van der Waals surface area contributed by atoms with E-state index in [1.165, 1.54) is 0 Å². The van der Waals surface area contributed by atoms with Gasteiger partial charge in [0, 0.05) is 43.7 Å². The largest absolute Gasteiger partial charge is 0.347 e. The molecule has 0 radical (unpaired) electrons. The molecule has 1 N–H and O–H groups in total. The smallest absolute Gasteiger partial charge is 0.226 e. The summed E-state index contributed by atoms with van der Waals surface area (Å²) in [4.78, 5) is 24.4. The van der Waals surface area contributed by atoms with Gasteiger partial charge < -0.3 is 9.88 Å². The zero-order valence-corrected chi connectivity index (χ0v) is 13.3. The van der Waals surface area contributed by atoms with E-state index in [2.05, 4.69) is 21.8 Å². The molecule has 20 heavy (non-hydrogen) atoms. The van der Waals surface area contributed by atoms with Crippen LogP contribution in [-0.4, -0.2) is 63.9 Å². The molecular weight excluding hydrogens is 272 g/mol. The topological polar surface area (TPSA) is 52.2 Å². The van der Waals surface area contributed by atoms with Crippen molar-refractivity contribution in [3.05, 3.63) is 18.2 Å². The van der Waals surface area contributed by atoms with E-state index in [0.717, 1.165) is 37.8 Å². The quantitative estimate of drug-likeness (QED) is 0.897. The summed E-state index contributed by atoms with van der Waals surface area (Å²) in [7, 11) is 0. The number of hydrogen-bond acceptors (Lipinski definition) is 4. The number of hydrogen-bond donors (Lipinski definition) is 1. The van der Waals surface area contributed by atoms with Gasteiger partial charge in [-0.2, -0.15) is 11.8 Å². The molecule has 1 aliphatic heterocycles. The first-order valence-corrected chi connectivity index (χ1v) is 8.57. The lowest BCUT2D eigenvalue weighted by molar-refractivity contribution is -0.137. The van der Waals surface area contributed by atoms with Gasteiger partial charge in [-0.05, 0) is 12.8 Å². The van der Waals surface area contributed by atoms with Crippen LogP contribution >= 0.6 is 11.8 Å². The molecule has 112 valence electrons. The van der Waals surface area contributed by atoms with Gasteiger partial charge in [0.2, 0.25) is 5.91 Å². The standard InChI is InChI=1S/C14H24N4OS/c1-4-17-7-8-18(14(19)11(2)10-20-3)9-12(17)13-15-5-6-16-13/h5-6,11-12H,4,7-10H2,1-3H3,(H,15,16). The predicted molar refractivity (Wildman–Crippen MR) is 82.7 cm³/mol. The van der Waals surface area contributed by atoms with E-state index in [1.54, 1.807) is 18.0 Å². The lowest BCUT2D eigenvalue weighted by Crippen LogP contribution is -2.52. The summed E-state index contributed by atoms with van der Waals surface area (Å²) >= 11 is 1.73. The predicted octanol–water partition coefficient (Wildman–Crippen LogP) is 1.61. The molecule has 1 aromatic heterocycles. The number of amides is 1. The third kappa shape index (κ3) is 3.35. The maximum absolute atomic E-state index is 12.5. The summed E-state index contributed by atoms with van der Waals surface area (Å²) in [5, 5.41) is 0. The van der Waals surface area contributed by atoms with Crippen molar-refractivity contribution >= 4 is 17.7 Å². The maximum Gasteiger partial charge on any atom is 0.226 e. The first-order chi connectivity index (χ1) is 9.67. The number of piperazine rings is 1. The van der Waals surface area contributed by atoms with E-state index in [9.17, 15) is 4.79 Å². The lowest BCUT2D eigenvalue weighted by atomic mass is 10.1. The van der Waals surface area contributed by atoms with E-state index in [4.69, 9.17) is 0 Å². The van der Waals surface area contributed by atoms with Crippen LogP contribution in [0.25, 0.3) is 0 Å². The van der Waals surface area contributed by atoms with E-state index in [0.29, 0.717) is 0 Å². The summed E-state index contributed by atoms with van der Waals surface area (Å²) in [6.45, 7) is 7.63. The van der Waals surface area contributed by atoms with Gasteiger partial charge in [0.05, 0.1) is 6.04 Å². The minimum absolute atomic E-state index is 0.0930. The fourth-order valence-electron chi connectivity index (χ4n) is 2.75. The Hall–Kier alpha value is -1.01. The SMILES string of the molecule is CCN1CCN(C(=O)C(C)CSC)CC1c1ncc[nH]1. The Morgan fingerprint density at radius 1 is 1.60 bits per heavy atom. The Labute approximate surface area is 125 Å². The second kappa shape index (κ2) is 7.13. The fourth-order valence-corrected chi connectivity index (χ4v) is 3.39. The third-order valence-corrected chi connectivity index (χ3v) is 4.72. The highest BCUT2D eigenvalue weighted by molar-refractivity contribution is 7.98. The molecule has 0 bridgehead atoms. The molecule has 2 atom stereocenters. The maximum atomic E-state index is 12.5. The number of aromatic amines is 1. The second-order valence-corrected chi connectivity index (χ2v) is 6.17. The average molecular weight is 296 g/mol. The molecule has 2 unspecified atom stereocenters. The molecule has 2 rings (SSSR count). The van der Waals surface area contributed by atoms with Crippen molar-refractivity contribution in [1.82, 2.24) is 19.8 Å². The van der Waals surface area contributed by atoms with Crippen molar-refractivity contribution in [3.63, 3.8) is 0 Å². The molecule has 0 saturated carbocycles. The number of carbonyl (C=O) groups is 1. The van der Waals surface area contributed by atoms with Crippen LogP contribution in [0.15, 0.2) is 12.4 Å². The van der Waals surface area contributed by atoms with Crippen molar-refractivity contribution in [2.45, 2.75) is 19.9 Å². The number of nitrogens with one attached hydrogen (secondary N) is 1. The van der Waals surface area contributed by atoms with E-state index in [1.807, 2.05) is 24.3 Å². The Kier molecular flexibility index (Phi) is 5.48. The van der Waals surface area contributed by atoms with Crippen LogP contribution < -0.4 is 0 Å². The fraction of sp³-hybridized carbons (Fsp3) is 0.714. The normalized spacial score (nSPS) is 21.9. The number of aromatic nitrogens is 2. The van der Waals surface area contributed by atoms with Crippen molar-refractivity contribution in [2.75, 3.05) is 38.2 Å². The second-order valence-electron chi connectivity index (χ2n) is 5.26. The molecule has 0 aromatic carbocycles. The van der Waals surface area contributed by atoms with Crippen molar-refractivity contribution in [3.8, 4) is 0 Å². The third-order valence-electron chi connectivity index (χ3n) is 3.88. The van der Waals surface area contributed by atoms with Gasteiger partial charge in [0.25, 0.3) is 0 Å². The number of nitrogens with zero attached hydrogens (tertiary/aromatic N) is 3. The molecule has 1 amide bonds. The van der Waals surface area contributed by atoms with E-state index in [-0.39, 0.29) is 17.9 Å². The average Bonchev–Trinajstić information content (AvgIpc) is 3.00. The van der Waals surface area contributed by atoms with Gasteiger partial charge in [-0.1, -0.05) is 13.8 Å². The Bertz CT molecular complexity index is 423. The number of carbonyl (C=O) groups excluding carboxylic acids is 1. The Balaban J connectivity index is 2.06. The van der Waals surface area contributed by atoms with Crippen LogP contribution in [0.3, 0.4) is 0 Å². The van der Waals surface area contributed by atoms with Crippen LogP contribution in [0.4, 0.5) is 0 Å². The number of H-pyrrole nitrogens is 1. The Morgan fingerprint density at radius 3 is 3.00 bits per heavy atom. The summed E-state index contributed by atoms with van der Waals surface area (Å²) in [5.41, 5.74) is 0. The van der Waals surface area contributed by atoms with E-state index < -0.39 is 0 Å². The van der Waals surface area contributed by atoms with Crippen LogP contribution in [0.2, 0.25) is 0 Å². The number of imidazole rings is 1. The summed E-state index contributed by atoms with van der Waals surface area (Å²) in [6.07, 6.45) is 5.67. The highest BCUT2D eigenvalue weighted by atomic mass is 32.2. The van der Waals surface area contributed by atoms with Gasteiger partial charge in [-0.25, -0.2) is 4.98 Å². The molecule has 0 aliphatic carbocycles. The molecule has 2 heterocycles. The van der Waals surface area contributed by atoms with Gasteiger partial charge in [0.1, 0.15) is 5.82 Å². The van der Waals surface area contributed by atoms with Crippen LogP contribution in [0.1, 0.15) is 25.7 Å². The summed E-state index contributed by atoms with van der Waals surface area (Å²) in [5.74, 6) is 2.21. The highest BCUT2D eigenvalue weighted by Gasteiger charge is 2.32. The first-order valence-electron chi connectivity index (χ1n) is 7.18. The molecule has 5 nitrogen and oxygen atoms in total. The van der Waals surface area contributed by atoms with Crippen molar-refractivity contribution in [1.29, 1.82) is 0 Å². The molecule has 1 fully saturated rings. The number of rotatable bonds is 5. The summed E-state index contributed by atoms with van der Waals surface area (Å²) in [6, 6.07) is 0.189. The van der Waals surface area contributed by atoms with Crippen molar-refractivity contribution < 1.29 is 4.79 Å². The number of likely N-dealkylation sites (N-methyl/N-ethyl adjacent to an activating group) is 1. The van der Waals surface area contributed by atoms with Gasteiger partial charge >= 0.3 is 0 Å². The molecule has 6 heteroatoms. The molecule has 1 aromatic rings. The minimum atomic E-state index is 0.0930. The van der Waals surface area contributed by atoms with E-state index >= 15 is 0 Å². The molecule has 0 spiro atoms. The lowest BCUT2D eigenvalue weighted by Gasteiger charge is -2.40. The van der Waals surface area contributed by atoms with Gasteiger partial charge in [-0.15, -0.1) is 0 Å². The Morgan fingerprint density at radius 2 is 2.40 bits per heavy atom. The van der Waals surface area contributed by atoms with Gasteiger partial charge in [0.15, 0.2) is 0 Å². The molecular formula is C14H24N4OS. The monoisotopic (exact) mass is 296 g/mol. The van der Waals surface area contributed by atoms with Gasteiger partial charge in [-0.3, -0.25) is 9.69 Å².